The van der Waals surface area contributed by atoms with Crippen LogP contribution in [0.25, 0.3) is 0 Å². The average molecular weight is 352 g/mol. The van der Waals surface area contributed by atoms with Crippen LogP contribution in [0.5, 0.6) is 5.75 Å². The average Bonchev–Trinajstić information content (AvgIpc) is 2.98. The maximum Gasteiger partial charge on any atom is 0.264 e. The number of rotatable bonds is 7. The summed E-state index contributed by atoms with van der Waals surface area (Å²) in [6.07, 6.45) is 0.248. The third-order valence-corrected chi connectivity index (χ3v) is 5.34. The first-order valence-corrected chi connectivity index (χ1v) is 9.77. The minimum atomic E-state index is -3.04. The van der Waals surface area contributed by atoms with Crippen LogP contribution < -0.4 is 4.74 Å². The molecular weight excluding hydrogens is 328 g/mol. The predicted molar refractivity (Wildman–Crippen MR) is 91.8 cm³/mol. The fraction of sp³-hybridized carbons (Fsp3) is 0.529. The molecule has 0 aliphatic carbocycles. The minimum Gasteiger partial charge on any atom is -0.483 e. The van der Waals surface area contributed by atoms with Crippen LogP contribution in [-0.4, -0.2) is 30.1 Å². The van der Waals surface area contributed by atoms with Gasteiger partial charge in [-0.25, -0.2) is 8.42 Å². The van der Waals surface area contributed by atoms with Crippen LogP contribution in [0.1, 0.15) is 45.0 Å². The van der Waals surface area contributed by atoms with E-state index in [0.717, 1.165) is 11.3 Å². The molecule has 0 amide bonds. The number of ether oxygens (including phenoxy) is 1. The lowest BCUT2D eigenvalue weighted by Gasteiger charge is -2.22. The van der Waals surface area contributed by atoms with Crippen molar-refractivity contribution in [2.45, 2.75) is 46.1 Å². The summed E-state index contributed by atoms with van der Waals surface area (Å²) in [4.78, 5) is 4.19. The molecule has 0 aliphatic heterocycles. The Morgan fingerprint density at radius 3 is 2.58 bits per heavy atom. The van der Waals surface area contributed by atoms with Crippen LogP contribution in [0, 0.1) is 0 Å². The number of aromatic nitrogens is 2. The molecule has 1 heterocycles. The molecule has 0 unspecified atom stereocenters. The topological polar surface area (TPSA) is 82.3 Å². The Hall–Kier alpha value is -1.89. The molecule has 0 spiro atoms. The Morgan fingerprint density at radius 2 is 1.92 bits per heavy atom. The molecule has 0 N–H and O–H groups in total. The quantitative estimate of drug-likeness (QED) is 0.762. The number of nitrogens with zero attached hydrogens (tertiary/aromatic N) is 2. The third-order valence-electron chi connectivity index (χ3n) is 3.63. The zero-order valence-electron chi connectivity index (χ0n) is 14.6. The van der Waals surface area contributed by atoms with E-state index in [1.165, 1.54) is 0 Å². The second-order valence-electron chi connectivity index (χ2n) is 6.63. The molecule has 2 aromatic rings. The second kappa shape index (κ2) is 7.34. The predicted octanol–water partition coefficient (Wildman–Crippen LogP) is 2.92. The molecule has 0 aliphatic rings. The molecule has 0 atom stereocenters. The van der Waals surface area contributed by atoms with Gasteiger partial charge >= 0.3 is 0 Å². The van der Waals surface area contributed by atoms with Crippen molar-refractivity contribution in [3.63, 3.8) is 0 Å². The van der Waals surface area contributed by atoms with Crippen molar-refractivity contribution in [1.82, 2.24) is 10.1 Å². The van der Waals surface area contributed by atoms with E-state index in [2.05, 4.69) is 30.9 Å². The summed E-state index contributed by atoms with van der Waals surface area (Å²) in [5, 5.41) is 3.81. The minimum absolute atomic E-state index is 0.0240. The summed E-state index contributed by atoms with van der Waals surface area (Å²) in [6, 6.07) is 7.84. The van der Waals surface area contributed by atoms with Gasteiger partial charge in [-0.1, -0.05) is 51.1 Å². The zero-order chi connectivity index (χ0) is 17.8. The third kappa shape index (κ3) is 5.06. The summed E-state index contributed by atoms with van der Waals surface area (Å²) >= 11 is 0. The van der Waals surface area contributed by atoms with E-state index in [1.54, 1.807) is 6.92 Å². The lowest BCUT2D eigenvalue weighted by atomic mass is 9.86. The van der Waals surface area contributed by atoms with Crippen LogP contribution in [0.3, 0.4) is 0 Å². The molecule has 6 nitrogen and oxygen atoms in total. The molecule has 0 radical (unpaired) electrons. The second-order valence-corrected chi connectivity index (χ2v) is 9.10. The number of hydrogen-bond donors (Lipinski definition) is 0. The van der Waals surface area contributed by atoms with Gasteiger partial charge in [0.1, 0.15) is 15.6 Å². The van der Waals surface area contributed by atoms with Crippen molar-refractivity contribution in [1.29, 1.82) is 0 Å². The molecular formula is C17H24N2O4S. The van der Waals surface area contributed by atoms with Crippen molar-refractivity contribution in [3.05, 3.63) is 41.5 Å². The molecule has 1 aromatic carbocycles. The summed E-state index contributed by atoms with van der Waals surface area (Å²) in [5.74, 6) is 1.64. The van der Waals surface area contributed by atoms with Gasteiger partial charge in [0.05, 0.1) is 5.75 Å². The zero-order valence-corrected chi connectivity index (χ0v) is 15.4. The summed E-state index contributed by atoms with van der Waals surface area (Å²) in [7, 11) is -3.04. The van der Waals surface area contributed by atoms with Gasteiger partial charge in [-0.2, -0.15) is 4.98 Å². The Kier molecular flexibility index (Phi) is 5.64. The first-order chi connectivity index (χ1) is 11.2. The highest BCUT2D eigenvalue weighted by Gasteiger charge is 2.19. The Labute approximate surface area is 143 Å². The molecule has 0 saturated heterocycles. The van der Waals surface area contributed by atoms with Crippen molar-refractivity contribution < 1.29 is 17.7 Å². The van der Waals surface area contributed by atoms with Crippen molar-refractivity contribution in [2.75, 3.05) is 11.5 Å². The van der Waals surface area contributed by atoms with E-state index in [1.807, 2.05) is 24.3 Å². The Balaban J connectivity index is 1.99. The van der Waals surface area contributed by atoms with Gasteiger partial charge in [0, 0.05) is 12.2 Å². The van der Waals surface area contributed by atoms with E-state index in [9.17, 15) is 8.42 Å². The fourth-order valence-electron chi connectivity index (χ4n) is 2.19. The van der Waals surface area contributed by atoms with Gasteiger partial charge in [-0.3, -0.25) is 0 Å². The standard InChI is InChI=1S/C17H24N2O4S/c1-5-24(20,21)11-10-15-18-16(23-19-15)12-22-14-9-7-6-8-13(14)17(2,3)4/h6-9H,5,10-12H2,1-4H3. The van der Waals surface area contributed by atoms with Crippen LogP contribution in [0.15, 0.2) is 28.8 Å². The van der Waals surface area contributed by atoms with Gasteiger partial charge in [0.25, 0.3) is 5.89 Å². The highest BCUT2D eigenvalue weighted by atomic mass is 32.2. The lowest BCUT2D eigenvalue weighted by molar-refractivity contribution is 0.238. The van der Waals surface area contributed by atoms with E-state index < -0.39 is 9.84 Å². The number of para-hydroxylation sites is 1. The highest BCUT2D eigenvalue weighted by Crippen LogP contribution is 2.31. The van der Waals surface area contributed by atoms with Crippen LogP contribution in [0.2, 0.25) is 0 Å². The summed E-state index contributed by atoms with van der Waals surface area (Å²) in [6.45, 7) is 8.13. The fourth-order valence-corrected chi connectivity index (χ4v) is 2.98. The molecule has 7 heteroatoms. The van der Waals surface area contributed by atoms with Crippen molar-refractivity contribution in [3.8, 4) is 5.75 Å². The molecule has 0 saturated carbocycles. The number of sulfone groups is 1. The van der Waals surface area contributed by atoms with Crippen molar-refractivity contribution in [2.24, 2.45) is 0 Å². The van der Waals surface area contributed by atoms with E-state index >= 15 is 0 Å². The van der Waals surface area contributed by atoms with Gasteiger partial charge in [-0.15, -0.1) is 0 Å². The SMILES string of the molecule is CCS(=O)(=O)CCc1noc(COc2ccccc2C(C)(C)C)n1. The van der Waals surface area contributed by atoms with Crippen LogP contribution in [-0.2, 0) is 28.3 Å². The van der Waals surface area contributed by atoms with Gasteiger partial charge in [-0.05, 0) is 17.0 Å². The van der Waals surface area contributed by atoms with Gasteiger partial charge < -0.3 is 9.26 Å². The van der Waals surface area contributed by atoms with E-state index in [4.69, 9.17) is 9.26 Å². The number of hydrogen-bond acceptors (Lipinski definition) is 6. The van der Waals surface area contributed by atoms with E-state index in [-0.39, 0.29) is 29.9 Å². The molecule has 24 heavy (non-hydrogen) atoms. The first-order valence-electron chi connectivity index (χ1n) is 7.95. The molecule has 0 fully saturated rings. The normalized spacial score (nSPS) is 12.3. The van der Waals surface area contributed by atoms with Crippen LogP contribution >= 0.6 is 0 Å². The molecule has 1 aromatic heterocycles. The van der Waals surface area contributed by atoms with Gasteiger partial charge in [0.15, 0.2) is 12.4 Å². The summed E-state index contributed by atoms with van der Waals surface area (Å²) in [5.41, 5.74) is 1.06. The highest BCUT2D eigenvalue weighted by molar-refractivity contribution is 7.91. The maximum absolute atomic E-state index is 11.5. The van der Waals surface area contributed by atoms with Gasteiger partial charge in [0.2, 0.25) is 0 Å². The Morgan fingerprint density at radius 1 is 1.21 bits per heavy atom. The smallest absolute Gasteiger partial charge is 0.264 e. The molecule has 2 rings (SSSR count). The first kappa shape index (κ1) is 18.4. The number of benzene rings is 1. The van der Waals surface area contributed by atoms with E-state index in [0.29, 0.717) is 11.7 Å². The Bertz CT molecular complexity index is 776. The number of aryl methyl sites for hydroxylation is 1. The lowest BCUT2D eigenvalue weighted by Crippen LogP contribution is -2.13. The van der Waals surface area contributed by atoms with Crippen molar-refractivity contribution >= 4 is 9.84 Å². The largest absolute Gasteiger partial charge is 0.483 e. The molecule has 0 bridgehead atoms. The van der Waals surface area contributed by atoms with Crippen LogP contribution in [0.4, 0.5) is 0 Å². The maximum atomic E-state index is 11.5. The monoisotopic (exact) mass is 352 g/mol. The molecule has 132 valence electrons. The summed E-state index contributed by atoms with van der Waals surface area (Å²) < 4.78 is 34.0.